The zero-order chi connectivity index (χ0) is 14.4. The van der Waals surface area contributed by atoms with Crippen LogP contribution in [0.4, 0.5) is 5.69 Å². The molecular weight excluding hydrogens is 340 g/mol. The molecule has 0 aliphatic rings. The van der Waals surface area contributed by atoms with Crippen LogP contribution >= 0.6 is 27.5 Å². The normalized spacial score (nSPS) is 10.8. The number of halogens is 2. The van der Waals surface area contributed by atoms with Gasteiger partial charge in [-0.1, -0.05) is 17.7 Å². The standard InChI is InChI=1S/C15H14BrClN2O/c1-2-20-15-7-6-11(8-14(15)16)10-18-19-13-5-3-4-12(17)9-13/h3-10,19H,2H2,1H3. The molecule has 0 aliphatic carbocycles. The summed E-state index contributed by atoms with van der Waals surface area (Å²) in [5, 5.41) is 4.85. The summed E-state index contributed by atoms with van der Waals surface area (Å²) in [7, 11) is 0. The minimum Gasteiger partial charge on any atom is -0.493 e. The molecule has 0 saturated heterocycles. The van der Waals surface area contributed by atoms with Gasteiger partial charge in [-0.05, 0) is 64.8 Å². The van der Waals surface area contributed by atoms with Crippen molar-refractivity contribution in [2.24, 2.45) is 5.10 Å². The van der Waals surface area contributed by atoms with Crippen molar-refractivity contribution in [2.75, 3.05) is 12.0 Å². The van der Waals surface area contributed by atoms with Gasteiger partial charge in [-0.25, -0.2) is 0 Å². The average Bonchev–Trinajstić information content (AvgIpc) is 2.42. The molecule has 2 aromatic rings. The van der Waals surface area contributed by atoms with Gasteiger partial charge in [0.2, 0.25) is 0 Å². The summed E-state index contributed by atoms with van der Waals surface area (Å²) in [6.07, 6.45) is 1.74. The van der Waals surface area contributed by atoms with E-state index in [2.05, 4.69) is 26.5 Å². The lowest BCUT2D eigenvalue weighted by Crippen LogP contribution is -1.94. The summed E-state index contributed by atoms with van der Waals surface area (Å²) in [6.45, 7) is 2.60. The summed E-state index contributed by atoms with van der Waals surface area (Å²) in [6, 6.07) is 13.2. The van der Waals surface area contributed by atoms with E-state index in [-0.39, 0.29) is 0 Å². The van der Waals surface area contributed by atoms with Gasteiger partial charge in [-0.15, -0.1) is 0 Å². The summed E-state index contributed by atoms with van der Waals surface area (Å²) >= 11 is 9.37. The van der Waals surface area contributed by atoms with Crippen molar-refractivity contribution in [2.45, 2.75) is 6.92 Å². The molecule has 20 heavy (non-hydrogen) atoms. The fourth-order valence-electron chi connectivity index (χ4n) is 1.61. The molecule has 0 fully saturated rings. The van der Waals surface area contributed by atoms with Crippen molar-refractivity contribution in [1.82, 2.24) is 0 Å². The van der Waals surface area contributed by atoms with Crippen molar-refractivity contribution in [3.8, 4) is 5.75 Å². The van der Waals surface area contributed by atoms with Crippen LogP contribution in [-0.2, 0) is 0 Å². The first-order valence-electron chi connectivity index (χ1n) is 6.16. The fourth-order valence-corrected chi connectivity index (χ4v) is 2.31. The van der Waals surface area contributed by atoms with E-state index in [4.69, 9.17) is 16.3 Å². The van der Waals surface area contributed by atoms with Crippen molar-refractivity contribution in [3.63, 3.8) is 0 Å². The minimum absolute atomic E-state index is 0.641. The van der Waals surface area contributed by atoms with Crippen LogP contribution in [0, 0.1) is 0 Å². The smallest absolute Gasteiger partial charge is 0.133 e. The van der Waals surface area contributed by atoms with E-state index >= 15 is 0 Å². The van der Waals surface area contributed by atoms with Crippen LogP contribution in [0.1, 0.15) is 12.5 Å². The van der Waals surface area contributed by atoms with Crippen LogP contribution < -0.4 is 10.2 Å². The second kappa shape index (κ2) is 7.31. The molecule has 0 heterocycles. The lowest BCUT2D eigenvalue weighted by molar-refractivity contribution is 0.338. The predicted molar refractivity (Wildman–Crippen MR) is 88.0 cm³/mol. The molecule has 0 spiro atoms. The second-order valence-electron chi connectivity index (χ2n) is 4.00. The molecule has 104 valence electrons. The number of hydrogen-bond donors (Lipinski definition) is 1. The van der Waals surface area contributed by atoms with E-state index in [0.717, 1.165) is 21.5 Å². The number of anilines is 1. The largest absolute Gasteiger partial charge is 0.493 e. The molecular formula is C15H14BrClN2O. The van der Waals surface area contributed by atoms with Crippen LogP contribution in [0.25, 0.3) is 0 Å². The summed E-state index contributed by atoms with van der Waals surface area (Å²) < 4.78 is 6.37. The van der Waals surface area contributed by atoms with E-state index in [9.17, 15) is 0 Å². The third-order valence-corrected chi connectivity index (χ3v) is 3.34. The highest BCUT2D eigenvalue weighted by Gasteiger charge is 2.00. The van der Waals surface area contributed by atoms with Gasteiger partial charge < -0.3 is 4.74 Å². The van der Waals surface area contributed by atoms with Gasteiger partial charge in [-0.3, -0.25) is 5.43 Å². The third kappa shape index (κ3) is 4.25. The van der Waals surface area contributed by atoms with Crippen LogP contribution in [-0.4, -0.2) is 12.8 Å². The van der Waals surface area contributed by atoms with E-state index in [0.29, 0.717) is 11.6 Å². The van der Waals surface area contributed by atoms with E-state index in [1.807, 2.05) is 49.4 Å². The monoisotopic (exact) mass is 352 g/mol. The Hall–Kier alpha value is -1.52. The summed E-state index contributed by atoms with van der Waals surface area (Å²) in [4.78, 5) is 0. The maximum absolute atomic E-state index is 5.90. The Labute approximate surface area is 131 Å². The first kappa shape index (κ1) is 14.9. The SMILES string of the molecule is CCOc1ccc(C=NNc2cccc(Cl)c2)cc1Br. The van der Waals surface area contributed by atoms with Crippen LogP contribution in [0.5, 0.6) is 5.75 Å². The minimum atomic E-state index is 0.641. The molecule has 5 heteroatoms. The molecule has 1 N–H and O–H groups in total. The molecule has 2 rings (SSSR count). The Kier molecular flexibility index (Phi) is 5.44. The van der Waals surface area contributed by atoms with E-state index < -0.39 is 0 Å². The zero-order valence-electron chi connectivity index (χ0n) is 10.9. The van der Waals surface area contributed by atoms with Crippen LogP contribution in [0.2, 0.25) is 5.02 Å². The van der Waals surface area contributed by atoms with Crippen molar-refractivity contribution in [1.29, 1.82) is 0 Å². The highest BCUT2D eigenvalue weighted by Crippen LogP contribution is 2.25. The molecule has 0 aliphatic heterocycles. The van der Waals surface area contributed by atoms with Gasteiger partial charge in [0.1, 0.15) is 5.75 Å². The van der Waals surface area contributed by atoms with E-state index in [1.54, 1.807) is 6.21 Å². The molecule has 0 bridgehead atoms. The van der Waals surface area contributed by atoms with Gasteiger partial charge in [0.15, 0.2) is 0 Å². The molecule has 2 aromatic carbocycles. The maximum atomic E-state index is 5.90. The van der Waals surface area contributed by atoms with Gasteiger partial charge in [0, 0.05) is 5.02 Å². The van der Waals surface area contributed by atoms with Gasteiger partial charge >= 0.3 is 0 Å². The Bertz CT molecular complexity index is 617. The molecule has 0 saturated carbocycles. The fraction of sp³-hybridized carbons (Fsp3) is 0.133. The quantitative estimate of drug-likeness (QED) is 0.609. The zero-order valence-corrected chi connectivity index (χ0v) is 13.3. The average molecular weight is 354 g/mol. The third-order valence-electron chi connectivity index (χ3n) is 2.49. The van der Waals surface area contributed by atoms with Gasteiger partial charge in [0.05, 0.1) is 23.0 Å². The Balaban J connectivity index is 2.02. The van der Waals surface area contributed by atoms with Crippen LogP contribution in [0.15, 0.2) is 52.0 Å². The van der Waals surface area contributed by atoms with Crippen LogP contribution in [0.3, 0.4) is 0 Å². The second-order valence-corrected chi connectivity index (χ2v) is 5.29. The summed E-state index contributed by atoms with van der Waals surface area (Å²) in [5.41, 5.74) is 4.75. The number of benzene rings is 2. The Morgan fingerprint density at radius 1 is 1.30 bits per heavy atom. The number of nitrogens with one attached hydrogen (secondary N) is 1. The number of nitrogens with zero attached hydrogens (tertiary/aromatic N) is 1. The van der Waals surface area contributed by atoms with Gasteiger partial charge in [0.25, 0.3) is 0 Å². The van der Waals surface area contributed by atoms with Crippen molar-refractivity contribution >= 4 is 39.4 Å². The molecule has 3 nitrogen and oxygen atoms in total. The predicted octanol–water partition coefficient (Wildman–Crippen LogP) is 4.95. The molecule has 0 atom stereocenters. The topological polar surface area (TPSA) is 33.6 Å². The molecule has 0 radical (unpaired) electrons. The van der Waals surface area contributed by atoms with Crippen molar-refractivity contribution in [3.05, 3.63) is 57.5 Å². The Morgan fingerprint density at radius 2 is 2.15 bits per heavy atom. The number of hydrogen-bond acceptors (Lipinski definition) is 3. The molecule has 0 unspecified atom stereocenters. The Morgan fingerprint density at radius 3 is 2.85 bits per heavy atom. The lowest BCUT2D eigenvalue weighted by Gasteiger charge is -2.06. The number of hydrazone groups is 1. The molecule has 0 aromatic heterocycles. The first-order chi connectivity index (χ1) is 9.69. The lowest BCUT2D eigenvalue weighted by atomic mass is 10.2. The first-order valence-corrected chi connectivity index (χ1v) is 7.33. The summed E-state index contributed by atoms with van der Waals surface area (Å²) in [5.74, 6) is 0.826. The number of ether oxygens (including phenoxy) is 1. The highest BCUT2D eigenvalue weighted by atomic mass is 79.9. The molecule has 0 amide bonds. The highest BCUT2D eigenvalue weighted by molar-refractivity contribution is 9.10. The van der Waals surface area contributed by atoms with E-state index in [1.165, 1.54) is 0 Å². The van der Waals surface area contributed by atoms with Gasteiger partial charge in [-0.2, -0.15) is 5.10 Å². The number of rotatable bonds is 5. The van der Waals surface area contributed by atoms with Crippen molar-refractivity contribution < 1.29 is 4.74 Å². The maximum Gasteiger partial charge on any atom is 0.133 e.